The molecule has 108 valence electrons. The molecule has 0 radical (unpaired) electrons. The quantitative estimate of drug-likeness (QED) is 0.858. The number of hydrogen-bond donors (Lipinski definition) is 1. The molecule has 1 amide bonds. The standard InChI is InChI=1S/C16H20BrNO2/c17-11-16(6-8-20-9-7-16)18-15(19)14-10-13(14)12-4-2-1-3-5-12/h1-5,13-14H,6-11H2,(H,18,19). The van der Waals surface area contributed by atoms with E-state index in [4.69, 9.17) is 4.74 Å². The van der Waals surface area contributed by atoms with Crippen molar-refractivity contribution < 1.29 is 9.53 Å². The van der Waals surface area contributed by atoms with Gasteiger partial charge in [0.1, 0.15) is 0 Å². The second kappa shape index (κ2) is 5.86. The third-order valence-corrected chi connectivity index (χ3v) is 5.52. The van der Waals surface area contributed by atoms with Crippen molar-refractivity contribution in [3.8, 4) is 0 Å². The van der Waals surface area contributed by atoms with Gasteiger partial charge in [-0.05, 0) is 30.7 Å². The summed E-state index contributed by atoms with van der Waals surface area (Å²) < 4.78 is 5.40. The van der Waals surface area contributed by atoms with E-state index in [0.717, 1.165) is 37.8 Å². The van der Waals surface area contributed by atoms with Gasteiger partial charge in [0.05, 0.1) is 5.54 Å². The first-order valence-corrected chi connectivity index (χ1v) is 8.37. The molecule has 1 aliphatic carbocycles. The van der Waals surface area contributed by atoms with Gasteiger partial charge in [0.25, 0.3) is 0 Å². The molecule has 2 atom stereocenters. The summed E-state index contributed by atoms with van der Waals surface area (Å²) in [6.45, 7) is 1.47. The van der Waals surface area contributed by atoms with E-state index in [1.807, 2.05) is 18.2 Å². The topological polar surface area (TPSA) is 38.3 Å². The van der Waals surface area contributed by atoms with E-state index >= 15 is 0 Å². The monoisotopic (exact) mass is 337 g/mol. The van der Waals surface area contributed by atoms with Crippen LogP contribution in [0.3, 0.4) is 0 Å². The predicted octanol–water partition coefficient (Wildman–Crippen LogP) is 2.85. The lowest BCUT2D eigenvalue weighted by molar-refractivity contribution is -0.125. The van der Waals surface area contributed by atoms with Gasteiger partial charge in [-0.3, -0.25) is 4.79 Å². The molecule has 1 saturated carbocycles. The number of carbonyl (C=O) groups excluding carboxylic acids is 1. The largest absolute Gasteiger partial charge is 0.381 e. The lowest BCUT2D eigenvalue weighted by Gasteiger charge is -2.36. The van der Waals surface area contributed by atoms with E-state index in [1.165, 1.54) is 5.56 Å². The number of halogens is 1. The maximum absolute atomic E-state index is 12.4. The maximum Gasteiger partial charge on any atom is 0.224 e. The molecule has 1 aromatic rings. The third-order valence-electron chi connectivity index (χ3n) is 4.45. The van der Waals surface area contributed by atoms with Gasteiger partial charge >= 0.3 is 0 Å². The van der Waals surface area contributed by atoms with Crippen molar-refractivity contribution in [2.24, 2.45) is 5.92 Å². The van der Waals surface area contributed by atoms with E-state index in [9.17, 15) is 4.79 Å². The summed E-state index contributed by atoms with van der Waals surface area (Å²) in [5, 5.41) is 4.08. The van der Waals surface area contributed by atoms with E-state index < -0.39 is 0 Å². The van der Waals surface area contributed by atoms with E-state index in [-0.39, 0.29) is 17.4 Å². The van der Waals surface area contributed by atoms with Gasteiger partial charge in [-0.15, -0.1) is 0 Å². The zero-order valence-corrected chi connectivity index (χ0v) is 13.1. The number of carbonyl (C=O) groups is 1. The first kappa shape index (κ1) is 14.1. The van der Waals surface area contributed by atoms with Crippen molar-refractivity contribution >= 4 is 21.8 Å². The van der Waals surface area contributed by atoms with Crippen molar-refractivity contribution in [3.05, 3.63) is 35.9 Å². The molecule has 2 aliphatic rings. The summed E-state index contributed by atoms with van der Waals surface area (Å²) in [5.74, 6) is 0.764. The Balaban J connectivity index is 1.60. The molecule has 4 heteroatoms. The van der Waals surface area contributed by atoms with Gasteiger partial charge in [-0.1, -0.05) is 46.3 Å². The first-order chi connectivity index (χ1) is 9.74. The minimum absolute atomic E-state index is 0.112. The molecule has 1 aliphatic heterocycles. The van der Waals surface area contributed by atoms with Crippen molar-refractivity contribution in [2.45, 2.75) is 30.7 Å². The molecule has 2 fully saturated rings. The lowest BCUT2D eigenvalue weighted by atomic mass is 9.92. The number of benzene rings is 1. The maximum atomic E-state index is 12.4. The predicted molar refractivity (Wildman–Crippen MR) is 82.0 cm³/mol. The average molecular weight is 338 g/mol. The Kier molecular flexibility index (Phi) is 4.13. The number of nitrogens with one attached hydrogen (secondary N) is 1. The summed E-state index contributed by atoms with van der Waals surface area (Å²) in [7, 11) is 0. The summed E-state index contributed by atoms with van der Waals surface area (Å²) in [4.78, 5) is 12.4. The number of ether oxygens (including phenoxy) is 1. The Morgan fingerprint density at radius 1 is 1.30 bits per heavy atom. The molecule has 1 aromatic carbocycles. The molecule has 0 aromatic heterocycles. The molecule has 3 nitrogen and oxygen atoms in total. The van der Waals surface area contributed by atoms with Gasteiger partial charge in [0, 0.05) is 24.5 Å². The SMILES string of the molecule is O=C(NC1(CBr)CCOCC1)C1CC1c1ccccc1. The van der Waals surface area contributed by atoms with Crippen molar-refractivity contribution in [1.82, 2.24) is 5.32 Å². The van der Waals surface area contributed by atoms with Crippen LogP contribution < -0.4 is 5.32 Å². The third kappa shape index (κ3) is 2.91. The first-order valence-electron chi connectivity index (χ1n) is 7.25. The van der Waals surface area contributed by atoms with Gasteiger partial charge in [-0.25, -0.2) is 0 Å². The van der Waals surface area contributed by atoms with Crippen LogP contribution in [-0.2, 0) is 9.53 Å². The summed E-state index contributed by atoms with van der Waals surface area (Å²) >= 11 is 3.56. The number of rotatable bonds is 4. The number of amides is 1. The molecule has 1 saturated heterocycles. The Labute approximate surface area is 128 Å². The number of hydrogen-bond acceptors (Lipinski definition) is 2. The fourth-order valence-electron chi connectivity index (χ4n) is 2.96. The van der Waals surface area contributed by atoms with Gasteiger partial charge in [-0.2, -0.15) is 0 Å². The van der Waals surface area contributed by atoms with Crippen LogP contribution in [-0.4, -0.2) is 30.0 Å². The van der Waals surface area contributed by atoms with E-state index in [1.54, 1.807) is 0 Å². The lowest BCUT2D eigenvalue weighted by Crippen LogP contribution is -2.53. The molecule has 0 spiro atoms. The second-order valence-corrected chi connectivity index (χ2v) is 6.44. The molecule has 20 heavy (non-hydrogen) atoms. The fraction of sp³-hybridized carbons (Fsp3) is 0.562. The van der Waals surface area contributed by atoms with Crippen LogP contribution >= 0.6 is 15.9 Å². The van der Waals surface area contributed by atoms with Crippen LogP contribution in [0.1, 0.15) is 30.7 Å². The summed E-state index contributed by atoms with van der Waals surface area (Å²) in [6, 6.07) is 10.3. The minimum atomic E-state index is -0.112. The van der Waals surface area contributed by atoms with Crippen LogP contribution in [0, 0.1) is 5.92 Å². The molecule has 0 bridgehead atoms. The normalized spacial score (nSPS) is 27.9. The van der Waals surface area contributed by atoms with Crippen molar-refractivity contribution in [3.63, 3.8) is 0 Å². The van der Waals surface area contributed by atoms with Crippen LogP contribution in [0.5, 0.6) is 0 Å². The van der Waals surface area contributed by atoms with Crippen LogP contribution in [0.15, 0.2) is 30.3 Å². The van der Waals surface area contributed by atoms with Gasteiger partial charge in [0.2, 0.25) is 5.91 Å². The van der Waals surface area contributed by atoms with Gasteiger partial charge in [0.15, 0.2) is 0 Å². The average Bonchev–Trinajstić information content (AvgIpc) is 3.30. The fourth-order valence-corrected chi connectivity index (χ4v) is 3.66. The van der Waals surface area contributed by atoms with Crippen molar-refractivity contribution in [2.75, 3.05) is 18.5 Å². The molecule has 1 N–H and O–H groups in total. The van der Waals surface area contributed by atoms with Crippen molar-refractivity contribution in [1.29, 1.82) is 0 Å². The molecule has 3 rings (SSSR count). The summed E-state index contributed by atoms with van der Waals surface area (Å²) in [6.07, 6.45) is 2.77. The minimum Gasteiger partial charge on any atom is -0.381 e. The van der Waals surface area contributed by atoms with Crippen LogP contribution in [0.25, 0.3) is 0 Å². The Bertz CT molecular complexity index is 471. The zero-order valence-electron chi connectivity index (χ0n) is 11.5. The molecular formula is C16H20BrNO2. The second-order valence-electron chi connectivity index (χ2n) is 5.87. The van der Waals surface area contributed by atoms with E-state index in [2.05, 4.69) is 33.4 Å². The summed E-state index contributed by atoms with van der Waals surface area (Å²) in [5.41, 5.74) is 1.17. The highest BCUT2D eigenvalue weighted by Gasteiger charge is 2.46. The van der Waals surface area contributed by atoms with E-state index in [0.29, 0.717) is 5.92 Å². The molecule has 2 unspecified atom stereocenters. The number of alkyl halides is 1. The zero-order chi connectivity index (χ0) is 14.0. The van der Waals surface area contributed by atoms with Crippen LogP contribution in [0.2, 0.25) is 0 Å². The van der Waals surface area contributed by atoms with Gasteiger partial charge < -0.3 is 10.1 Å². The molecule has 1 heterocycles. The smallest absolute Gasteiger partial charge is 0.224 e. The molecular weight excluding hydrogens is 318 g/mol. The highest BCUT2D eigenvalue weighted by molar-refractivity contribution is 9.09. The highest BCUT2D eigenvalue weighted by atomic mass is 79.9. The Morgan fingerprint density at radius 2 is 2.00 bits per heavy atom. The highest BCUT2D eigenvalue weighted by Crippen LogP contribution is 2.47. The van der Waals surface area contributed by atoms with Crippen LogP contribution in [0.4, 0.5) is 0 Å². The Morgan fingerprint density at radius 3 is 2.65 bits per heavy atom. The Hall–Kier alpha value is -0.870.